The predicted molar refractivity (Wildman–Crippen MR) is 63.2 cm³/mol. The summed E-state index contributed by atoms with van der Waals surface area (Å²) < 4.78 is 0. The van der Waals surface area contributed by atoms with Crippen molar-refractivity contribution in [3.05, 3.63) is 12.2 Å². The summed E-state index contributed by atoms with van der Waals surface area (Å²) in [6.07, 6.45) is 5.66. The molecule has 0 spiro atoms. The quantitative estimate of drug-likeness (QED) is 0.559. The number of carboxylic acid groups (broad SMARTS) is 1. The summed E-state index contributed by atoms with van der Waals surface area (Å²) in [5, 5.41) is 20.3. The number of aliphatic carboxylic acids is 1. The standard InChI is InChI=1S/C13H16N2O3/c14-5-1-2-6-15-12(16)10-8-3-4-9(7-8)11(10)13(17)18/h3-4,8-11H,1-2,6-7H2,(H,15,16)(H,17,18)/t8?,9?,10-,11+/m0/s1. The van der Waals surface area contributed by atoms with Crippen LogP contribution in [0, 0.1) is 35.0 Å². The highest BCUT2D eigenvalue weighted by Crippen LogP contribution is 2.48. The van der Waals surface area contributed by atoms with E-state index in [1.807, 2.05) is 18.2 Å². The van der Waals surface area contributed by atoms with Crippen LogP contribution in [0.2, 0.25) is 0 Å². The van der Waals surface area contributed by atoms with Gasteiger partial charge in [0.15, 0.2) is 0 Å². The van der Waals surface area contributed by atoms with Crippen LogP contribution in [0.3, 0.4) is 0 Å². The second kappa shape index (κ2) is 5.21. The fourth-order valence-electron chi connectivity index (χ4n) is 3.01. The molecule has 5 heteroatoms. The molecule has 5 nitrogen and oxygen atoms in total. The molecule has 0 saturated heterocycles. The minimum atomic E-state index is -0.885. The number of carbonyl (C=O) groups is 2. The molecule has 0 heterocycles. The van der Waals surface area contributed by atoms with E-state index < -0.39 is 17.8 Å². The van der Waals surface area contributed by atoms with Gasteiger partial charge in [0.2, 0.25) is 5.91 Å². The third-order valence-electron chi connectivity index (χ3n) is 3.81. The summed E-state index contributed by atoms with van der Waals surface area (Å²) in [5.41, 5.74) is 0. The molecule has 0 aliphatic heterocycles. The molecule has 2 aliphatic carbocycles. The van der Waals surface area contributed by atoms with Gasteiger partial charge in [-0.15, -0.1) is 0 Å². The molecule has 2 rings (SSSR count). The number of hydrogen-bond acceptors (Lipinski definition) is 3. The summed E-state index contributed by atoms with van der Waals surface area (Å²) in [6, 6.07) is 2.01. The van der Waals surface area contributed by atoms with Crippen LogP contribution in [-0.2, 0) is 9.59 Å². The van der Waals surface area contributed by atoms with Gasteiger partial charge in [-0.2, -0.15) is 5.26 Å². The van der Waals surface area contributed by atoms with Crippen molar-refractivity contribution in [2.75, 3.05) is 6.54 Å². The molecule has 0 aromatic rings. The third-order valence-corrected chi connectivity index (χ3v) is 3.81. The topological polar surface area (TPSA) is 90.2 Å². The van der Waals surface area contributed by atoms with Gasteiger partial charge in [0.05, 0.1) is 17.9 Å². The van der Waals surface area contributed by atoms with E-state index in [2.05, 4.69) is 5.32 Å². The number of nitrogens with zero attached hydrogens (tertiary/aromatic N) is 1. The number of allylic oxidation sites excluding steroid dienone is 2. The van der Waals surface area contributed by atoms with E-state index in [1.54, 1.807) is 0 Å². The van der Waals surface area contributed by atoms with Crippen LogP contribution in [0.4, 0.5) is 0 Å². The number of rotatable bonds is 5. The lowest BCUT2D eigenvalue weighted by Gasteiger charge is -2.23. The molecule has 2 bridgehead atoms. The van der Waals surface area contributed by atoms with Gasteiger partial charge >= 0.3 is 5.97 Å². The average Bonchev–Trinajstić information content (AvgIpc) is 2.94. The van der Waals surface area contributed by atoms with Gasteiger partial charge in [-0.1, -0.05) is 12.2 Å². The van der Waals surface area contributed by atoms with Gasteiger partial charge in [-0.3, -0.25) is 9.59 Å². The summed E-state index contributed by atoms with van der Waals surface area (Å²) in [6.45, 7) is 0.441. The molecule has 0 aromatic heterocycles. The summed E-state index contributed by atoms with van der Waals surface area (Å²) >= 11 is 0. The van der Waals surface area contributed by atoms with Gasteiger partial charge in [-0.05, 0) is 24.7 Å². The maximum atomic E-state index is 12.0. The number of nitriles is 1. The fourth-order valence-corrected chi connectivity index (χ4v) is 3.01. The SMILES string of the molecule is N#CCCCNC(=O)[C@H]1C2C=CC(C2)[C@H]1C(=O)O. The fraction of sp³-hybridized carbons (Fsp3) is 0.615. The second-order valence-electron chi connectivity index (χ2n) is 4.89. The van der Waals surface area contributed by atoms with E-state index in [9.17, 15) is 14.7 Å². The highest BCUT2D eigenvalue weighted by molar-refractivity contribution is 5.86. The van der Waals surface area contributed by atoms with E-state index >= 15 is 0 Å². The normalized spacial score (nSPS) is 32.2. The van der Waals surface area contributed by atoms with Crippen molar-refractivity contribution in [3.63, 3.8) is 0 Å². The van der Waals surface area contributed by atoms with E-state index in [-0.39, 0.29) is 17.7 Å². The minimum absolute atomic E-state index is 0.00218. The van der Waals surface area contributed by atoms with Crippen LogP contribution in [0.15, 0.2) is 12.2 Å². The number of nitrogens with one attached hydrogen (secondary N) is 1. The Balaban J connectivity index is 1.95. The van der Waals surface area contributed by atoms with Crippen LogP contribution in [0.25, 0.3) is 0 Å². The second-order valence-corrected chi connectivity index (χ2v) is 4.89. The van der Waals surface area contributed by atoms with Crippen molar-refractivity contribution in [1.29, 1.82) is 5.26 Å². The van der Waals surface area contributed by atoms with Gasteiger partial charge in [0.25, 0.3) is 0 Å². The Morgan fingerprint density at radius 2 is 2.00 bits per heavy atom. The lowest BCUT2D eigenvalue weighted by Crippen LogP contribution is -2.40. The maximum Gasteiger partial charge on any atom is 0.307 e. The maximum absolute atomic E-state index is 12.0. The smallest absolute Gasteiger partial charge is 0.307 e. The molecule has 2 N–H and O–H groups in total. The summed E-state index contributed by atoms with van der Waals surface area (Å²) in [4.78, 5) is 23.2. The molecule has 1 saturated carbocycles. The van der Waals surface area contributed by atoms with Crippen LogP contribution < -0.4 is 5.32 Å². The molecule has 2 unspecified atom stereocenters. The molecule has 0 aromatic carbocycles. The summed E-state index contributed by atoms with van der Waals surface area (Å²) in [7, 11) is 0. The molecular weight excluding hydrogens is 232 g/mol. The number of fused-ring (bicyclic) bond motifs is 2. The highest BCUT2D eigenvalue weighted by atomic mass is 16.4. The van der Waals surface area contributed by atoms with Crippen molar-refractivity contribution in [3.8, 4) is 6.07 Å². The summed E-state index contributed by atoms with van der Waals surface area (Å²) in [5.74, 6) is -2.04. The van der Waals surface area contributed by atoms with Crippen molar-refractivity contribution in [2.24, 2.45) is 23.7 Å². The van der Waals surface area contributed by atoms with Crippen LogP contribution in [0.1, 0.15) is 19.3 Å². The molecule has 0 radical (unpaired) electrons. The number of unbranched alkanes of at least 4 members (excludes halogenated alkanes) is 1. The first-order chi connectivity index (χ1) is 8.65. The third kappa shape index (κ3) is 2.23. The first kappa shape index (κ1) is 12.6. The number of amides is 1. The van der Waals surface area contributed by atoms with Crippen LogP contribution >= 0.6 is 0 Å². The van der Waals surface area contributed by atoms with Crippen LogP contribution in [-0.4, -0.2) is 23.5 Å². The van der Waals surface area contributed by atoms with E-state index in [0.717, 1.165) is 6.42 Å². The van der Waals surface area contributed by atoms with E-state index in [4.69, 9.17) is 5.26 Å². The van der Waals surface area contributed by atoms with E-state index in [0.29, 0.717) is 19.4 Å². The number of carboxylic acids is 1. The van der Waals surface area contributed by atoms with Crippen molar-refractivity contribution in [1.82, 2.24) is 5.32 Å². The number of hydrogen-bond donors (Lipinski definition) is 2. The molecule has 4 atom stereocenters. The average molecular weight is 248 g/mol. The zero-order chi connectivity index (χ0) is 13.1. The minimum Gasteiger partial charge on any atom is -0.481 e. The van der Waals surface area contributed by atoms with Gasteiger partial charge in [0.1, 0.15) is 0 Å². The Morgan fingerprint density at radius 1 is 1.33 bits per heavy atom. The Labute approximate surface area is 105 Å². The zero-order valence-electron chi connectivity index (χ0n) is 10.0. The Hall–Kier alpha value is -1.83. The van der Waals surface area contributed by atoms with Crippen molar-refractivity contribution >= 4 is 11.9 Å². The number of carbonyl (C=O) groups excluding carboxylic acids is 1. The molecule has 1 fully saturated rings. The zero-order valence-corrected chi connectivity index (χ0v) is 10.0. The van der Waals surface area contributed by atoms with Gasteiger partial charge < -0.3 is 10.4 Å². The molecule has 96 valence electrons. The monoisotopic (exact) mass is 248 g/mol. The largest absolute Gasteiger partial charge is 0.481 e. The lowest BCUT2D eigenvalue weighted by molar-refractivity contribution is -0.147. The highest BCUT2D eigenvalue weighted by Gasteiger charge is 2.51. The molecule has 1 amide bonds. The lowest BCUT2D eigenvalue weighted by atomic mass is 9.82. The Morgan fingerprint density at radius 3 is 2.61 bits per heavy atom. The van der Waals surface area contributed by atoms with Crippen LogP contribution in [0.5, 0.6) is 0 Å². The van der Waals surface area contributed by atoms with Crippen molar-refractivity contribution in [2.45, 2.75) is 19.3 Å². The Kier molecular flexibility index (Phi) is 3.66. The Bertz CT molecular complexity index is 424. The van der Waals surface area contributed by atoms with Crippen molar-refractivity contribution < 1.29 is 14.7 Å². The molecule has 18 heavy (non-hydrogen) atoms. The van der Waals surface area contributed by atoms with Gasteiger partial charge in [0, 0.05) is 13.0 Å². The van der Waals surface area contributed by atoms with E-state index in [1.165, 1.54) is 0 Å². The predicted octanol–water partition coefficient (Wildman–Crippen LogP) is 0.929. The van der Waals surface area contributed by atoms with Gasteiger partial charge in [-0.25, -0.2) is 0 Å². The first-order valence-electron chi connectivity index (χ1n) is 6.21. The molecular formula is C13H16N2O3. The molecule has 2 aliphatic rings. The first-order valence-corrected chi connectivity index (χ1v) is 6.21.